The van der Waals surface area contributed by atoms with Crippen molar-refractivity contribution in [2.24, 2.45) is 0 Å². The van der Waals surface area contributed by atoms with E-state index in [9.17, 15) is 9.90 Å². The minimum absolute atomic E-state index is 0.0538. The summed E-state index contributed by atoms with van der Waals surface area (Å²) in [6.07, 6.45) is 3.15. The molecular formula is C25H34N2O3. The van der Waals surface area contributed by atoms with E-state index in [2.05, 4.69) is 11.9 Å². The van der Waals surface area contributed by atoms with E-state index in [1.165, 1.54) is 0 Å². The smallest absolute Gasteiger partial charge is 0.272 e. The Morgan fingerprint density at radius 1 is 1.17 bits per heavy atom. The van der Waals surface area contributed by atoms with Crippen LogP contribution in [0.15, 0.2) is 12.1 Å². The van der Waals surface area contributed by atoms with E-state index in [1.54, 1.807) is 4.90 Å². The summed E-state index contributed by atoms with van der Waals surface area (Å²) < 4.78 is 6.44. The number of nitrogens with zero attached hydrogens (tertiary/aromatic N) is 2. The summed E-state index contributed by atoms with van der Waals surface area (Å²) >= 11 is 0. The number of amides is 1. The van der Waals surface area contributed by atoms with Crippen LogP contribution in [0.2, 0.25) is 0 Å². The monoisotopic (exact) mass is 410 g/mol. The fourth-order valence-corrected chi connectivity index (χ4v) is 4.28. The Balaban J connectivity index is 2.01. The van der Waals surface area contributed by atoms with Gasteiger partial charge in [-0.1, -0.05) is 13.3 Å². The summed E-state index contributed by atoms with van der Waals surface area (Å²) in [6, 6.07) is 3.99. The van der Waals surface area contributed by atoms with Gasteiger partial charge < -0.3 is 9.84 Å². The number of anilines is 1. The molecule has 1 aliphatic rings. The van der Waals surface area contributed by atoms with Gasteiger partial charge >= 0.3 is 0 Å². The van der Waals surface area contributed by atoms with E-state index in [4.69, 9.17) is 4.74 Å². The van der Waals surface area contributed by atoms with Gasteiger partial charge in [-0.2, -0.15) is 0 Å². The molecule has 0 saturated heterocycles. The highest BCUT2D eigenvalue weighted by molar-refractivity contribution is 5.99. The number of aromatic nitrogens is 1. The first-order valence-corrected chi connectivity index (χ1v) is 10.9. The predicted octanol–water partition coefficient (Wildman–Crippen LogP) is 5.25. The number of hydrogen-bond donors (Lipinski definition) is 1. The fourth-order valence-electron chi connectivity index (χ4n) is 4.28. The lowest BCUT2D eigenvalue weighted by molar-refractivity contribution is -0.134. The second kappa shape index (κ2) is 8.29. The van der Waals surface area contributed by atoms with Crippen molar-refractivity contribution in [1.82, 2.24) is 4.98 Å². The van der Waals surface area contributed by atoms with Crippen LogP contribution >= 0.6 is 0 Å². The van der Waals surface area contributed by atoms with Gasteiger partial charge in [0.1, 0.15) is 17.3 Å². The molecule has 0 bridgehead atoms. The highest BCUT2D eigenvalue weighted by atomic mass is 16.5. The number of ether oxygens (including phenoxy) is 1. The van der Waals surface area contributed by atoms with Crippen molar-refractivity contribution >= 4 is 11.7 Å². The van der Waals surface area contributed by atoms with Crippen molar-refractivity contribution in [1.29, 1.82) is 0 Å². The molecule has 0 radical (unpaired) electrons. The van der Waals surface area contributed by atoms with Gasteiger partial charge in [-0.3, -0.25) is 9.69 Å². The van der Waals surface area contributed by atoms with Gasteiger partial charge in [0, 0.05) is 24.2 Å². The Morgan fingerprint density at radius 3 is 2.50 bits per heavy atom. The number of pyridine rings is 1. The lowest BCUT2D eigenvalue weighted by Gasteiger charge is -2.39. The molecule has 1 aromatic heterocycles. The van der Waals surface area contributed by atoms with Crippen LogP contribution in [0, 0.1) is 34.6 Å². The lowest BCUT2D eigenvalue weighted by Crippen LogP contribution is -2.53. The number of phenolic OH excluding ortho intramolecular Hbond substituents is 1. The van der Waals surface area contributed by atoms with Crippen molar-refractivity contribution in [3.63, 3.8) is 0 Å². The van der Waals surface area contributed by atoms with Crippen molar-refractivity contribution in [3.8, 4) is 11.5 Å². The molecule has 0 fully saturated rings. The summed E-state index contributed by atoms with van der Waals surface area (Å²) in [5.41, 5.74) is 4.58. The number of aromatic hydroxyl groups is 1. The zero-order valence-electron chi connectivity index (χ0n) is 19.3. The van der Waals surface area contributed by atoms with Gasteiger partial charge in [0.25, 0.3) is 5.91 Å². The average molecular weight is 411 g/mol. The number of rotatable bonds is 5. The minimum Gasteiger partial charge on any atom is -0.507 e. The van der Waals surface area contributed by atoms with Crippen LogP contribution in [-0.2, 0) is 11.2 Å². The van der Waals surface area contributed by atoms with Crippen molar-refractivity contribution in [2.45, 2.75) is 79.8 Å². The summed E-state index contributed by atoms with van der Waals surface area (Å²) in [4.78, 5) is 20.3. The largest absolute Gasteiger partial charge is 0.507 e. The lowest BCUT2D eigenvalue weighted by atomic mass is 9.86. The van der Waals surface area contributed by atoms with Crippen molar-refractivity contribution in [3.05, 3.63) is 45.6 Å². The first-order chi connectivity index (χ1) is 14.1. The number of unbranched alkanes of at least 4 members (excludes halogenated alkanes) is 1. The second-order valence-electron chi connectivity index (χ2n) is 8.82. The van der Waals surface area contributed by atoms with Gasteiger partial charge in [-0.25, -0.2) is 4.98 Å². The molecule has 1 amide bonds. The molecule has 3 rings (SSSR count). The molecule has 1 unspecified atom stereocenters. The summed E-state index contributed by atoms with van der Waals surface area (Å²) in [6.45, 7) is 14.4. The molecule has 1 aromatic carbocycles. The molecule has 1 atom stereocenters. The zero-order valence-corrected chi connectivity index (χ0v) is 19.3. The van der Waals surface area contributed by atoms with Crippen LogP contribution in [-0.4, -0.2) is 28.1 Å². The normalized spacial score (nSPS) is 18.0. The first-order valence-electron chi connectivity index (χ1n) is 10.9. The second-order valence-corrected chi connectivity index (χ2v) is 8.82. The maximum absolute atomic E-state index is 13.8. The number of carbonyl (C=O) groups excluding carboxylic acids is 1. The Morgan fingerprint density at radius 2 is 1.87 bits per heavy atom. The number of aryl methyl sites for hydroxylation is 2. The third-order valence-corrected chi connectivity index (χ3v) is 6.31. The minimum atomic E-state index is -0.972. The highest BCUT2D eigenvalue weighted by Crippen LogP contribution is 2.44. The Labute approximate surface area is 180 Å². The van der Waals surface area contributed by atoms with Crippen LogP contribution in [0.4, 0.5) is 5.82 Å². The summed E-state index contributed by atoms with van der Waals surface area (Å²) in [5.74, 6) is 1.71. The van der Waals surface area contributed by atoms with Crippen LogP contribution in [0.1, 0.15) is 66.6 Å². The van der Waals surface area contributed by atoms with Gasteiger partial charge in [-0.05, 0) is 88.8 Å². The van der Waals surface area contributed by atoms with E-state index in [1.807, 2.05) is 53.7 Å². The molecule has 2 heterocycles. The Bertz CT molecular complexity index is 963. The van der Waals surface area contributed by atoms with E-state index in [-0.39, 0.29) is 5.91 Å². The maximum Gasteiger partial charge on any atom is 0.272 e. The Hall–Kier alpha value is -2.56. The molecule has 0 spiro atoms. The van der Waals surface area contributed by atoms with Gasteiger partial charge in [-0.15, -0.1) is 0 Å². The molecule has 0 aliphatic carbocycles. The van der Waals surface area contributed by atoms with E-state index >= 15 is 0 Å². The van der Waals surface area contributed by atoms with E-state index < -0.39 is 5.60 Å². The SMILES string of the molecule is CCCCN(C(=O)C1(C)CCc2c(C)c(O)c(C)c(C)c2O1)c1cc(C)cc(C)n1. The molecule has 5 nitrogen and oxygen atoms in total. The van der Waals surface area contributed by atoms with Crippen molar-refractivity contribution < 1.29 is 14.6 Å². The standard InChI is InChI=1S/C25H34N2O3/c1-8-9-12-27(21-14-15(2)13-16(3)26-21)24(29)25(7)11-10-20-19(6)22(28)17(4)18(5)23(20)30-25/h13-14,28H,8-12H2,1-7H3. The van der Waals surface area contributed by atoms with Gasteiger partial charge in [0.2, 0.25) is 0 Å². The molecular weight excluding hydrogens is 376 g/mol. The quantitative estimate of drug-likeness (QED) is 0.732. The van der Waals surface area contributed by atoms with Crippen LogP contribution in [0.3, 0.4) is 0 Å². The fraction of sp³-hybridized carbons (Fsp3) is 0.520. The topological polar surface area (TPSA) is 62.7 Å². The average Bonchev–Trinajstić information content (AvgIpc) is 2.70. The third-order valence-electron chi connectivity index (χ3n) is 6.31. The number of hydrogen-bond acceptors (Lipinski definition) is 4. The molecule has 0 saturated carbocycles. The van der Waals surface area contributed by atoms with Gasteiger partial charge in [0.05, 0.1) is 0 Å². The summed E-state index contributed by atoms with van der Waals surface area (Å²) in [7, 11) is 0. The molecule has 5 heteroatoms. The number of phenols is 1. The third kappa shape index (κ3) is 3.90. The number of fused-ring (bicyclic) bond motifs is 1. The highest BCUT2D eigenvalue weighted by Gasteiger charge is 2.43. The molecule has 1 N–H and O–H groups in total. The Kier molecular flexibility index (Phi) is 6.11. The molecule has 2 aromatic rings. The summed E-state index contributed by atoms with van der Waals surface area (Å²) in [5, 5.41) is 10.4. The number of benzene rings is 1. The molecule has 30 heavy (non-hydrogen) atoms. The van der Waals surface area contributed by atoms with Crippen LogP contribution < -0.4 is 9.64 Å². The molecule has 162 valence electrons. The van der Waals surface area contributed by atoms with Crippen molar-refractivity contribution in [2.75, 3.05) is 11.4 Å². The number of carbonyl (C=O) groups is 1. The molecule has 1 aliphatic heterocycles. The van der Waals surface area contributed by atoms with Gasteiger partial charge in [0.15, 0.2) is 5.60 Å². The van der Waals surface area contributed by atoms with Crippen LogP contribution in [0.5, 0.6) is 11.5 Å². The predicted molar refractivity (Wildman–Crippen MR) is 121 cm³/mol. The van der Waals surface area contributed by atoms with E-state index in [0.717, 1.165) is 52.1 Å². The maximum atomic E-state index is 13.8. The zero-order chi connectivity index (χ0) is 22.2. The first kappa shape index (κ1) is 22.1. The van der Waals surface area contributed by atoms with E-state index in [0.29, 0.717) is 31.0 Å². The van der Waals surface area contributed by atoms with Crippen LogP contribution in [0.25, 0.3) is 0 Å².